The molecule has 0 fully saturated rings. The third-order valence-corrected chi connectivity index (χ3v) is 5.36. The number of carbonyl (C=O) groups excluding carboxylic acids is 1. The van der Waals surface area contributed by atoms with E-state index in [0.29, 0.717) is 28.2 Å². The second-order valence-electron chi connectivity index (χ2n) is 6.18. The molecule has 3 rings (SSSR count). The number of para-hydroxylation sites is 1. The van der Waals surface area contributed by atoms with E-state index in [2.05, 4.69) is 4.98 Å². The first-order valence-electron chi connectivity index (χ1n) is 9.16. The molecule has 0 saturated carbocycles. The van der Waals surface area contributed by atoms with Gasteiger partial charge in [-0.05, 0) is 43.7 Å². The lowest BCUT2D eigenvalue weighted by Gasteiger charge is -2.18. The number of thioether (sulfide) groups is 1. The summed E-state index contributed by atoms with van der Waals surface area (Å²) < 4.78 is 20.4. The molecule has 1 aromatic heterocycles. The lowest BCUT2D eigenvalue weighted by atomic mass is 10.2. The maximum Gasteiger partial charge on any atom is 0.319 e. The number of fused-ring (bicyclic) bond motifs is 1. The van der Waals surface area contributed by atoms with E-state index in [-0.39, 0.29) is 18.1 Å². The van der Waals surface area contributed by atoms with Crippen molar-refractivity contribution >= 4 is 28.6 Å². The Hall–Kier alpha value is -2.67. The second-order valence-corrected chi connectivity index (χ2v) is 7.35. The van der Waals surface area contributed by atoms with Gasteiger partial charge in [-0.15, -0.1) is 0 Å². The molecule has 28 heavy (non-hydrogen) atoms. The third kappa shape index (κ3) is 4.25. The van der Waals surface area contributed by atoms with Crippen LogP contribution in [0.4, 0.5) is 4.39 Å². The summed E-state index contributed by atoms with van der Waals surface area (Å²) in [4.78, 5) is 30.1. The minimum absolute atomic E-state index is 0.279. The first kappa shape index (κ1) is 20.1. The van der Waals surface area contributed by atoms with Crippen LogP contribution in [0.5, 0.6) is 0 Å². The van der Waals surface area contributed by atoms with Gasteiger partial charge < -0.3 is 4.74 Å². The molecule has 0 spiro atoms. The van der Waals surface area contributed by atoms with Crippen molar-refractivity contribution in [3.63, 3.8) is 0 Å². The number of nitrogens with zero attached hydrogens (tertiary/aromatic N) is 2. The van der Waals surface area contributed by atoms with Crippen LogP contribution in [-0.4, -0.2) is 27.4 Å². The molecule has 146 valence electrons. The van der Waals surface area contributed by atoms with Crippen LogP contribution >= 0.6 is 11.8 Å². The zero-order chi connectivity index (χ0) is 20.1. The van der Waals surface area contributed by atoms with E-state index < -0.39 is 11.1 Å². The van der Waals surface area contributed by atoms with Crippen molar-refractivity contribution in [3.8, 4) is 5.69 Å². The molecule has 5 nitrogen and oxygen atoms in total. The molecular formula is C21H21FN2O3S. The van der Waals surface area contributed by atoms with Crippen molar-refractivity contribution in [2.45, 2.75) is 37.1 Å². The number of aromatic nitrogens is 2. The van der Waals surface area contributed by atoms with Gasteiger partial charge >= 0.3 is 5.97 Å². The number of ether oxygens (including phenoxy) is 1. The van der Waals surface area contributed by atoms with Crippen LogP contribution in [0.1, 0.15) is 26.7 Å². The van der Waals surface area contributed by atoms with Crippen molar-refractivity contribution in [3.05, 3.63) is 64.7 Å². The molecule has 0 aliphatic carbocycles. The van der Waals surface area contributed by atoms with Crippen molar-refractivity contribution in [1.82, 2.24) is 9.55 Å². The zero-order valence-electron chi connectivity index (χ0n) is 15.7. The highest BCUT2D eigenvalue weighted by Gasteiger charge is 2.24. The molecule has 7 heteroatoms. The summed E-state index contributed by atoms with van der Waals surface area (Å²) in [6, 6.07) is 12.8. The van der Waals surface area contributed by atoms with Crippen molar-refractivity contribution < 1.29 is 13.9 Å². The summed E-state index contributed by atoms with van der Waals surface area (Å²) in [6.07, 6.45) is 1.35. The van der Waals surface area contributed by atoms with Gasteiger partial charge in [-0.1, -0.05) is 43.3 Å². The summed E-state index contributed by atoms with van der Waals surface area (Å²) in [7, 11) is 0. The first-order valence-corrected chi connectivity index (χ1v) is 10.0. The predicted molar refractivity (Wildman–Crippen MR) is 108 cm³/mol. The van der Waals surface area contributed by atoms with E-state index in [1.54, 1.807) is 37.3 Å². The summed E-state index contributed by atoms with van der Waals surface area (Å²) in [5.74, 6) is -0.799. The molecule has 0 saturated heterocycles. The van der Waals surface area contributed by atoms with Crippen molar-refractivity contribution in [2.24, 2.45) is 0 Å². The first-order chi connectivity index (χ1) is 13.5. The summed E-state index contributed by atoms with van der Waals surface area (Å²) in [5, 5.41) is 0.262. The topological polar surface area (TPSA) is 61.2 Å². The zero-order valence-corrected chi connectivity index (χ0v) is 16.5. The molecule has 0 amide bonds. The highest BCUT2D eigenvalue weighted by atomic mass is 32.2. The van der Waals surface area contributed by atoms with Gasteiger partial charge in [0.15, 0.2) is 5.16 Å². The van der Waals surface area contributed by atoms with Gasteiger partial charge in [-0.25, -0.2) is 9.37 Å². The molecule has 1 atom stereocenters. The maximum atomic E-state index is 13.8. The van der Waals surface area contributed by atoms with E-state index in [0.717, 1.165) is 6.42 Å². The van der Waals surface area contributed by atoms with Gasteiger partial charge in [-0.2, -0.15) is 0 Å². The van der Waals surface area contributed by atoms with Gasteiger partial charge in [0.1, 0.15) is 11.1 Å². The predicted octanol–water partition coefficient (Wildman–Crippen LogP) is 4.35. The third-order valence-electron chi connectivity index (χ3n) is 4.16. The van der Waals surface area contributed by atoms with Crippen LogP contribution in [0.25, 0.3) is 16.6 Å². The molecule has 0 unspecified atom stereocenters. The Kier molecular flexibility index (Phi) is 6.46. The standard InChI is InChI=1S/C21H21FN2O3S/c1-3-8-18(20(26)27-4-2)28-21-23-17-12-6-5-11-16(17)19(25)24(21)15-10-7-9-14(22)13-15/h5-7,9-13,18H,3-4,8H2,1-2H3/t18-/m0/s1. The Balaban J connectivity index is 2.18. The number of halogens is 1. The molecule has 1 heterocycles. The van der Waals surface area contributed by atoms with Gasteiger partial charge in [0.2, 0.25) is 0 Å². The van der Waals surface area contributed by atoms with Crippen LogP contribution in [-0.2, 0) is 9.53 Å². The molecule has 3 aromatic rings. The SMILES string of the molecule is CCC[C@H](Sc1nc2ccccc2c(=O)n1-c1cccc(F)c1)C(=O)OCC. The fraction of sp³-hybridized carbons (Fsp3) is 0.286. The Bertz CT molecular complexity index is 1050. The Morgan fingerprint density at radius 1 is 1.21 bits per heavy atom. The largest absolute Gasteiger partial charge is 0.465 e. The number of carbonyl (C=O) groups is 1. The molecule has 2 aromatic carbocycles. The lowest BCUT2D eigenvalue weighted by molar-refractivity contribution is -0.142. The lowest BCUT2D eigenvalue weighted by Crippen LogP contribution is -2.25. The van der Waals surface area contributed by atoms with E-state index in [9.17, 15) is 14.0 Å². The number of hydrogen-bond donors (Lipinski definition) is 0. The van der Waals surface area contributed by atoms with Gasteiger partial charge in [-0.3, -0.25) is 14.2 Å². The maximum absolute atomic E-state index is 13.8. The molecule has 0 radical (unpaired) electrons. The number of rotatable bonds is 7. The Morgan fingerprint density at radius 2 is 2.00 bits per heavy atom. The average Bonchev–Trinajstić information content (AvgIpc) is 2.68. The van der Waals surface area contributed by atoms with E-state index in [4.69, 9.17) is 4.74 Å². The molecule has 0 aliphatic heterocycles. The monoisotopic (exact) mass is 400 g/mol. The normalized spacial score (nSPS) is 12.1. The highest BCUT2D eigenvalue weighted by molar-refractivity contribution is 8.00. The second kappa shape index (κ2) is 9.01. The minimum Gasteiger partial charge on any atom is -0.465 e. The van der Waals surface area contributed by atoms with E-state index >= 15 is 0 Å². The summed E-state index contributed by atoms with van der Waals surface area (Å²) in [6.45, 7) is 4.00. The molecular weight excluding hydrogens is 379 g/mol. The van der Waals surface area contributed by atoms with Crippen LogP contribution in [0.15, 0.2) is 58.5 Å². The van der Waals surface area contributed by atoms with Gasteiger partial charge in [0.25, 0.3) is 5.56 Å². The van der Waals surface area contributed by atoms with Crippen LogP contribution in [0, 0.1) is 5.82 Å². The number of benzene rings is 2. The van der Waals surface area contributed by atoms with E-state index in [1.807, 2.05) is 6.92 Å². The number of esters is 1. The smallest absolute Gasteiger partial charge is 0.319 e. The number of hydrogen-bond acceptors (Lipinski definition) is 5. The van der Waals surface area contributed by atoms with Crippen molar-refractivity contribution in [2.75, 3.05) is 6.61 Å². The minimum atomic E-state index is -0.502. The molecule has 0 N–H and O–H groups in total. The van der Waals surface area contributed by atoms with Crippen LogP contribution in [0.3, 0.4) is 0 Å². The van der Waals surface area contributed by atoms with Crippen molar-refractivity contribution in [1.29, 1.82) is 0 Å². The quantitative estimate of drug-likeness (QED) is 0.335. The van der Waals surface area contributed by atoms with Gasteiger partial charge in [0.05, 0.1) is 23.2 Å². The fourth-order valence-electron chi connectivity index (χ4n) is 2.88. The van der Waals surface area contributed by atoms with E-state index in [1.165, 1.54) is 34.5 Å². The van der Waals surface area contributed by atoms with Gasteiger partial charge in [0, 0.05) is 0 Å². The summed E-state index contributed by atoms with van der Waals surface area (Å²) in [5.41, 5.74) is 0.587. The fourth-order valence-corrected chi connectivity index (χ4v) is 4.10. The summed E-state index contributed by atoms with van der Waals surface area (Å²) >= 11 is 1.17. The average molecular weight is 400 g/mol. The Labute approximate surface area is 166 Å². The molecule has 0 bridgehead atoms. The van der Waals surface area contributed by atoms with Crippen LogP contribution in [0.2, 0.25) is 0 Å². The Morgan fingerprint density at radius 3 is 2.71 bits per heavy atom. The van der Waals surface area contributed by atoms with Crippen LogP contribution < -0.4 is 5.56 Å². The molecule has 0 aliphatic rings. The highest BCUT2D eigenvalue weighted by Crippen LogP contribution is 2.28.